The molecule has 0 aromatic rings. The Morgan fingerprint density at radius 1 is 1.25 bits per heavy atom. The second-order valence-corrected chi connectivity index (χ2v) is 6.42. The van der Waals surface area contributed by atoms with Crippen LogP contribution < -0.4 is 0 Å². The van der Waals surface area contributed by atoms with Gasteiger partial charge in [-0.25, -0.2) is 8.42 Å². The fourth-order valence-electron chi connectivity index (χ4n) is 1.24. The maximum atomic E-state index is 11.5. The molecule has 1 saturated heterocycles. The molecule has 0 bridgehead atoms. The Labute approximate surface area is 74.8 Å². The van der Waals surface area contributed by atoms with Crippen LogP contribution in [0.25, 0.3) is 0 Å². The predicted octanol–water partition coefficient (Wildman–Crippen LogP) is 1.06. The topological polar surface area (TPSA) is 37.1 Å². The smallest absolute Gasteiger partial charge is 0.212 e. The average Bonchev–Trinajstić information content (AvgIpc) is 2.63. The van der Waals surface area contributed by atoms with Gasteiger partial charge >= 0.3 is 0 Å². The fourth-order valence-corrected chi connectivity index (χ4v) is 2.77. The largest absolute Gasteiger partial charge is 0.216 e. The second kappa shape index (κ2) is 3.00. The van der Waals surface area contributed by atoms with Gasteiger partial charge in [0, 0.05) is 12.6 Å². The van der Waals surface area contributed by atoms with E-state index in [1.807, 2.05) is 0 Å². The Bertz CT molecular complexity index is 256. The minimum absolute atomic E-state index is 0.261. The maximum Gasteiger partial charge on any atom is 0.216 e. The highest BCUT2D eigenvalue weighted by Crippen LogP contribution is 2.30. The molecule has 1 heterocycles. The Morgan fingerprint density at radius 3 is 2.00 bits per heavy atom. The number of hydrogen-bond donors (Lipinski definition) is 0. The Hall–Kier alpha value is -0.0900. The van der Waals surface area contributed by atoms with Gasteiger partial charge in [-0.2, -0.15) is 4.31 Å². The molecule has 0 aromatic carbocycles. The lowest BCUT2D eigenvalue weighted by Crippen LogP contribution is -2.24. The highest BCUT2D eigenvalue weighted by molar-refractivity contribution is 7.89. The number of rotatable bonds is 3. The summed E-state index contributed by atoms with van der Waals surface area (Å²) in [4.78, 5) is 0. The van der Waals surface area contributed by atoms with Gasteiger partial charge in [-0.15, -0.1) is 0 Å². The van der Waals surface area contributed by atoms with Crippen LogP contribution >= 0.6 is 0 Å². The van der Waals surface area contributed by atoms with Crippen LogP contribution in [0.1, 0.15) is 27.7 Å². The molecule has 0 saturated carbocycles. The lowest BCUT2D eigenvalue weighted by molar-refractivity contribution is 0.511. The van der Waals surface area contributed by atoms with Gasteiger partial charge < -0.3 is 0 Å². The summed E-state index contributed by atoms with van der Waals surface area (Å²) in [5.74, 6) is 0.443. The van der Waals surface area contributed by atoms with Gasteiger partial charge in [-0.3, -0.25) is 0 Å². The van der Waals surface area contributed by atoms with Crippen molar-refractivity contribution in [3.05, 3.63) is 0 Å². The van der Waals surface area contributed by atoms with E-state index in [1.54, 1.807) is 18.2 Å². The number of sulfonamides is 1. The third-order valence-corrected chi connectivity index (χ3v) is 4.56. The van der Waals surface area contributed by atoms with Crippen molar-refractivity contribution >= 4 is 10.0 Å². The third kappa shape index (κ3) is 1.64. The van der Waals surface area contributed by atoms with Crippen LogP contribution in [0.4, 0.5) is 0 Å². The minimum Gasteiger partial charge on any atom is -0.212 e. The summed E-state index contributed by atoms with van der Waals surface area (Å²) >= 11 is 0. The highest BCUT2D eigenvalue weighted by Gasteiger charge is 2.46. The van der Waals surface area contributed by atoms with E-state index < -0.39 is 10.0 Å². The summed E-state index contributed by atoms with van der Waals surface area (Å²) in [7, 11) is -2.96. The van der Waals surface area contributed by atoms with Crippen LogP contribution in [0.5, 0.6) is 0 Å². The zero-order valence-corrected chi connectivity index (χ0v) is 8.93. The van der Waals surface area contributed by atoms with Gasteiger partial charge in [-0.05, 0) is 19.8 Å². The van der Waals surface area contributed by atoms with Gasteiger partial charge in [0.2, 0.25) is 10.0 Å². The molecule has 0 radical (unpaired) electrons. The Morgan fingerprint density at radius 2 is 1.75 bits per heavy atom. The first kappa shape index (κ1) is 9.99. The average molecular weight is 191 g/mol. The summed E-state index contributed by atoms with van der Waals surface area (Å²) in [6.45, 7) is 8.29. The summed E-state index contributed by atoms with van der Waals surface area (Å²) in [6, 6.07) is 0.261. The molecule has 3 nitrogen and oxygen atoms in total. The van der Waals surface area contributed by atoms with Gasteiger partial charge in [0.05, 0.1) is 5.25 Å². The molecular formula is C8H17NO2S. The second-order valence-electron chi connectivity index (χ2n) is 3.97. The van der Waals surface area contributed by atoms with E-state index in [-0.39, 0.29) is 11.3 Å². The molecule has 0 amide bonds. The zero-order chi connectivity index (χ0) is 9.52. The van der Waals surface area contributed by atoms with Crippen LogP contribution in [0.3, 0.4) is 0 Å². The van der Waals surface area contributed by atoms with Gasteiger partial charge in [0.25, 0.3) is 0 Å². The lowest BCUT2D eigenvalue weighted by atomic mass is 10.1. The Kier molecular flexibility index (Phi) is 2.50. The van der Waals surface area contributed by atoms with Crippen LogP contribution in [0, 0.1) is 5.92 Å². The van der Waals surface area contributed by atoms with E-state index in [4.69, 9.17) is 0 Å². The van der Waals surface area contributed by atoms with E-state index in [2.05, 4.69) is 13.8 Å². The van der Waals surface area contributed by atoms with Gasteiger partial charge in [0.1, 0.15) is 0 Å². The summed E-state index contributed by atoms with van der Waals surface area (Å²) in [6.07, 6.45) is 0. The summed E-state index contributed by atoms with van der Waals surface area (Å²) < 4.78 is 24.7. The predicted molar refractivity (Wildman–Crippen MR) is 49.4 cm³/mol. The molecule has 0 aromatic heterocycles. The lowest BCUT2D eigenvalue weighted by Gasteiger charge is -2.10. The van der Waals surface area contributed by atoms with Crippen molar-refractivity contribution in [1.82, 2.24) is 4.31 Å². The molecule has 1 rings (SSSR count). The van der Waals surface area contributed by atoms with Crippen molar-refractivity contribution in [2.75, 3.05) is 6.54 Å². The first-order chi connectivity index (χ1) is 5.37. The fraction of sp³-hybridized carbons (Fsp3) is 1.00. The molecule has 4 heteroatoms. The third-order valence-electron chi connectivity index (χ3n) is 2.30. The SMILES string of the molecule is CC(C)C1CN1S(=O)(=O)C(C)C. The standard InChI is InChI=1S/C8H17NO2S/c1-6(2)8-5-9(8)12(10,11)7(3)4/h6-8H,5H2,1-4H3. The minimum atomic E-state index is -2.96. The van der Waals surface area contributed by atoms with Crippen molar-refractivity contribution in [3.63, 3.8) is 0 Å². The molecular weight excluding hydrogens is 174 g/mol. The number of nitrogens with zero attached hydrogens (tertiary/aromatic N) is 1. The zero-order valence-electron chi connectivity index (χ0n) is 8.11. The van der Waals surface area contributed by atoms with E-state index in [0.717, 1.165) is 6.54 Å². The normalized spacial score (nSPS) is 29.8. The van der Waals surface area contributed by atoms with Crippen LogP contribution in [-0.2, 0) is 10.0 Å². The van der Waals surface area contributed by atoms with Gasteiger partial charge in [0.15, 0.2) is 0 Å². The van der Waals surface area contributed by atoms with Crippen molar-refractivity contribution in [3.8, 4) is 0 Å². The summed E-state index contributed by atoms with van der Waals surface area (Å²) in [5, 5.41) is -0.277. The first-order valence-electron chi connectivity index (χ1n) is 4.38. The molecule has 1 aliphatic rings. The van der Waals surface area contributed by atoms with Crippen molar-refractivity contribution in [1.29, 1.82) is 0 Å². The van der Waals surface area contributed by atoms with Crippen molar-refractivity contribution in [2.45, 2.75) is 39.0 Å². The number of hydrogen-bond acceptors (Lipinski definition) is 2. The van der Waals surface area contributed by atoms with E-state index in [1.165, 1.54) is 0 Å². The molecule has 0 spiro atoms. The molecule has 12 heavy (non-hydrogen) atoms. The summed E-state index contributed by atoms with van der Waals surface area (Å²) in [5.41, 5.74) is 0. The van der Waals surface area contributed by atoms with Crippen LogP contribution in [0.15, 0.2) is 0 Å². The highest BCUT2D eigenvalue weighted by atomic mass is 32.2. The van der Waals surface area contributed by atoms with Crippen LogP contribution in [-0.4, -0.2) is 30.6 Å². The molecule has 1 fully saturated rings. The molecule has 0 aliphatic carbocycles. The van der Waals surface area contributed by atoms with E-state index >= 15 is 0 Å². The Balaban J connectivity index is 2.65. The molecule has 1 aliphatic heterocycles. The van der Waals surface area contributed by atoms with Crippen molar-refractivity contribution < 1.29 is 8.42 Å². The van der Waals surface area contributed by atoms with E-state index in [9.17, 15) is 8.42 Å². The molecule has 2 unspecified atom stereocenters. The maximum absolute atomic E-state index is 11.5. The molecule has 2 atom stereocenters. The van der Waals surface area contributed by atoms with Crippen LogP contribution in [0.2, 0.25) is 0 Å². The molecule has 0 N–H and O–H groups in total. The quantitative estimate of drug-likeness (QED) is 0.626. The van der Waals surface area contributed by atoms with Crippen molar-refractivity contribution in [2.24, 2.45) is 5.92 Å². The monoisotopic (exact) mass is 191 g/mol. The van der Waals surface area contributed by atoms with E-state index in [0.29, 0.717) is 5.92 Å². The molecule has 72 valence electrons. The first-order valence-corrected chi connectivity index (χ1v) is 5.88. The van der Waals surface area contributed by atoms with Gasteiger partial charge in [-0.1, -0.05) is 13.8 Å².